The molecule has 0 aliphatic carbocycles. The van der Waals surface area contributed by atoms with Crippen molar-refractivity contribution in [2.24, 2.45) is 0 Å². The molecule has 0 bridgehead atoms. The molecule has 90 valence electrons. The molecule has 1 N–H and O–H groups in total. The fraction of sp³-hybridized carbons (Fsp3) is 0.308. The summed E-state index contributed by atoms with van der Waals surface area (Å²) in [6.45, 7) is 2.81. The van der Waals surface area contributed by atoms with Gasteiger partial charge in [0.15, 0.2) is 0 Å². The van der Waals surface area contributed by atoms with E-state index in [0.29, 0.717) is 5.56 Å². The van der Waals surface area contributed by atoms with Gasteiger partial charge in [0, 0.05) is 18.5 Å². The van der Waals surface area contributed by atoms with Crippen LogP contribution < -0.4 is 5.32 Å². The summed E-state index contributed by atoms with van der Waals surface area (Å²) in [6, 6.07) is 6.87. The Labute approximate surface area is 105 Å². The molecule has 0 unspecified atom stereocenters. The average Bonchev–Trinajstić information content (AvgIpc) is 2.68. The zero-order chi connectivity index (χ0) is 12.3. The summed E-state index contributed by atoms with van der Waals surface area (Å²) in [5, 5.41) is 4.07. The maximum Gasteiger partial charge on any atom is 0.131 e. The van der Waals surface area contributed by atoms with Crippen molar-refractivity contribution in [1.82, 2.24) is 10.3 Å². The first kappa shape index (κ1) is 12.2. The van der Waals surface area contributed by atoms with Gasteiger partial charge in [-0.3, -0.25) is 0 Å². The van der Waals surface area contributed by atoms with E-state index in [9.17, 15) is 4.39 Å². The Bertz CT molecular complexity index is 508. The number of thiazole rings is 1. The molecular weight excluding hydrogens is 235 g/mol. The molecule has 17 heavy (non-hydrogen) atoms. The van der Waals surface area contributed by atoms with Gasteiger partial charge in [0.2, 0.25) is 0 Å². The molecule has 0 aliphatic heterocycles. The lowest BCUT2D eigenvalue weighted by molar-refractivity contribution is 0.631. The third kappa shape index (κ3) is 2.70. The highest BCUT2D eigenvalue weighted by Gasteiger charge is 2.13. The monoisotopic (exact) mass is 250 g/mol. The molecule has 0 radical (unpaired) electrons. The van der Waals surface area contributed by atoms with E-state index < -0.39 is 0 Å². The van der Waals surface area contributed by atoms with Crippen LogP contribution in [0.2, 0.25) is 0 Å². The smallest absolute Gasteiger partial charge is 0.131 e. The molecule has 1 aromatic carbocycles. The van der Waals surface area contributed by atoms with Crippen LogP contribution in [0, 0.1) is 12.7 Å². The predicted molar refractivity (Wildman–Crippen MR) is 69.9 cm³/mol. The first-order valence-corrected chi connectivity index (χ1v) is 6.40. The molecular formula is C13H15FN2S. The number of hydrogen-bond donors (Lipinski definition) is 1. The summed E-state index contributed by atoms with van der Waals surface area (Å²) in [5.74, 6) is -0.179. The maximum absolute atomic E-state index is 13.8. The lowest BCUT2D eigenvalue weighted by atomic mass is 10.1. The van der Waals surface area contributed by atoms with Crippen LogP contribution in [-0.4, -0.2) is 18.6 Å². The van der Waals surface area contributed by atoms with Crippen LogP contribution in [0.5, 0.6) is 0 Å². The molecule has 0 saturated carbocycles. The third-order valence-electron chi connectivity index (χ3n) is 2.53. The Morgan fingerprint density at radius 1 is 1.35 bits per heavy atom. The number of likely N-dealkylation sites (N-methyl/N-ethyl adjacent to an activating group) is 1. The maximum atomic E-state index is 13.8. The standard InChI is InChI=1S/C13H15FN2S/c1-9-16-12(7-8-15-2)13(17-9)10-5-3-4-6-11(10)14/h3-6,15H,7-8H2,1-2H3. The SMILES string of the molecule is CNCCc1nc(C)sc1-c1ccccc1F. The number of aryl methyl sites for hydroxylation is 1. The van der Waals surface area contributed by atoms with E-state index in [1.807, 2.05) is 26.1 Å². The Balaban J connectivity index is 2.41. The number of nitrogens with zero attached hydrogens (tertiary/aromatic N) is 1. The Hall–Kier alpha value is -1.26. The molecule has 2 aromatic rings. The van der Waals surface area contributed by atoms with Gasteiger partial charge in [0.1, 0.15) is 5.82 Å². The lowest BCUT2D eigenvalue weighted by Gasteiger charge is -2.03. The zero-order valence-corrected chi connectivity index (χ0v) is 10.8. The molecule has 0 spiro atoms. The predicted octanol–water partition coefficient (Wildman–Crippen LogP) is 3.02. The average molecular weight is 250 g/mol. The number of benzene rings is 1. The van der Waals surface area contributed by atoms with Gasteiger partial charge in [-0.2, -0.15) is 0 Å². The van der Waals surface area contributed by atoms with Crippen molar-refractivity contribution in [2.45, 2.75) is 13.3 Å². The van der Waals surface area contributed by atoms with Gasteiger partial charge >= 0.3 is 0 Å². The second-order valence-corrected chi connectivity index (χ2v) is 5.05. The van der Waals surface area contributed by atoms with Crippen molar-refractivity contribution < 1.29 is 4.39 Å². The Morgan fingerprint density at radius 2 is 2.12 bits per heavy atom. The summed E-state index contributed by atoms with van der Waals surface area (Å²) in [5.41, 5.74) is 1.64. The van der Waals surface area contributed by atoms with E-state index in [2.05, 4.69) is 10.3 Å². The van der Waals surface area contributed by atoms with Crippen molar-refractivity contribution in [3.8, 4) is 10.4 Å². The Morgan fingerprint density at radius 3 is 2.82 bits per heavy atom. The van der Waals surface area contributed by atoms with Crippen molar-refractivity contribution >= 4 is 11.3 Å². The van der Waals surface area contributed by atoms with E-state index in [-0.39, 0.29) is 5.82 Å². The highest BCUT2D eigenvalue weighted by atomic mass is 32.1. The second kappa shape index (κ2) is 5.38. The first-order chi connectivity index (χ1) is 8.22. The minimum Gasteiger partial charge on any atom is -0.319 e. The number of halogens is 1. The number of aromatic nitrogens is 1. The van der Waals surface area contributed by atoms with Crippen molar-refractivity contribution in [2.75, 3.05) is 13.6 Å². The minimum absolute atomic E-state index is 0.179. The molecule has 4 heteroatoms. The molecule has 2 nitrogen and oxygen atoms in total. The van der Waals surface area contributed by atoms with Crippen LogP contribution in [0.15, 0.2) is 24.3 Å². The van der Waals surface area contributed by atoms with Gasteiger partial charge < -0.3 is 5.32 Å². The van der Waals surface area contributed by atoms with E-state index in [1.165, 1.54) is 6.07 Å². The van der Waals surface area contributed by atoms with Gasteiger partial charge in [0.25, 0.3) is 0 Å². The van der Waals surface area contributed by atoms with Gasteiger partial charge in [-0.1, -0.05) is 18.2 Å². The summed E-state index contributed by atoms with van der Waals surface area (Å²) in [6.07, 6.45) is 0.824. The fourth-order valence-electron chi connectivity index (χ4n) is 1.74. The molecule has 0 amide bonds. The van der Waals surface area contributed by atoms with Gasteiger partial charge in [0.05, 0.1) is 15.6 Å². The van der Waals surface area contributed by atoms with Gasteiger partial charge in [-0.15, -0.1) is 11.3 Å². The molecule has 2 rings (SSSR count). The summed E-state index contributed by atoms with van der Waals surface area (Å²) >= 11 is 1.55. The van der Waals surface area contributed by atoms with Crippen LogP contribution in [-0.2, 0) is 6.42 Å². The van der Waals surface area contributed by atoms with Crippen molar-refractivity contribution in [3.05, 3.63) is 40.8 Å². The van der Waals surface area contributed by atoms with E-state index in [4.69, 9.17) is 0 Å². The van der Waals surface area contributed by atoms with Crippen molar-refractivity contribution in [3.63, 3.8) is 0 Å². The summed E-state index contributed by atoms with van der Waals surface area (Å²) in [7, 11) is 1.90. The fourth-order valence-corrected chi connectivity index (χ4v) is 2.73. The third-order valence-corrected chi connectivity index (χ3v) is 3.58. The van der Waals surface area contributed by atoms with E-state index >= 15 is 0 Å². The second-order valence-electron chi connectivity index (χ2n) is 3.84. The molecule has 0 aliphatic rings. The molecule has 0 saturated heterocycles. The van der Waals surface area contributed by atoms with E-state index in [0.717, 1.165) is 28.5 Å². The largest absolute Gasteiger partial charge is 0.319 e. The van der Waals surface area contributed by atoms with Gasteiger partial charge in [-0.05, 0) is 20.0 Å². The Kier molecular flexibility index (Phi) is 3.86. The minimum atomic E-state index is -0.179. The molecule has 0 atom stereocenters. The number of hydrogen-bond acceptors (Lipinski definition) is 3. The van der Waals surface area contributed by atoms with Crippen LogP contribution in [0.3, 0.4) is 0 Å². The number of nitrogens with one attached hydrogen (secondary N) is 1. The molecule has 1 aromatic heterocycles. The summed E-state index contributed by atoms with van der Waals surface area (Å²) < 4.78 is 13.8. The lowest BCUT2D eigenvalue weighted by Crippen LogP contribution is -2.11. The van der Waals surface area contributed by atoms with E-state index in [1.54, 1.807) is 17.4 Å². The van der Waals surface area contributed by atoms with Crippen LogP contribution in [0.4, 0.5) is 4.39 Å². The highest BCUT2D eigenvalue weighted by Crippen LogP contribution is 2.32. The summed E-state index contributed by atoms with van der Waals surface area (Å²) in [4.78, 5) is 5.43. The topological polar surface area (TPSA) is 24.9 Å². The highest BCUT2D eigenvalue weighted by molar-refractivity contribution is 7.15. The van der Waals surface area contributed by atoms with Crippen LogP contribution in [0.1, 0.15) is 10.7 Å². The normalized spacial score (nSPS) is 10.8. The van der Waals surface area contributed by atoms with Crippen LogP contribution in [0.25, 0.3) is 10.4 Å². The van der Waals surface area contributed by atoms with Crippen LogP contribution >= 0.6 is 11.3 Å². The zero-order valence-electron chi connectivity index (χ0n) is 9.96. The molecule has 1 heterocycles. The number of rotatable bonds is 4. The first-order valence-electron chi connectivity index (χ1n) is 5.58. The quantitative estimate of drug-likeness (QED) is 0.902. The molecule has 0 fully saturated rings. The van der Waals surface area contributed by atoms with Gasteiger partial charge in [-0.25, -0.2) is 9.37 Å². The van der Waals surface area contributed by atoms with Crippen molar-refractivity contribution in [1.29, 1.82) is 0 Å².